The highest BCUT2D eigenvalue weighted by atomic mass is 32.2. The molecule has 1 aliphatic carbocycles. The lowest BCUT2D eigenvalue weighted by Gasteiger charge is -2.38. The number of nitrogens with one attached hydrogen (secondary N) is 1. The van der Waals surface area contributed by atoms with E-state index in [1.807, 2.05) is 0 Å². The molecule has 1 atom stereocenters. The Morgan fingerprint density at radius 1 is 1.04 bits per heavy atom. The molecule has 146 valence electrons. The van der Waals surface area contributed by atoms with E-state index in [4.69, 9.17) is 4.74 Å². The Morgan fingerprint density at radius 2 is 1.73 bits per heavy atom. The zero-order valence-electron chi connectivity index (χ0n) is 15.8. The summed E-state index contributed by atoms with van der Waals surface area (Å²) in [5.74, 6) is 1.07. The molecule has 0 radical (unpaired) electrons. The number of ether oxygens (including phenoxy) is 1. The second-order valence-electron chi connectivity index (χ2n) is 7.68. The molecule has 2 fully saturated rings. The van der Waals surface area contributed by atoms with E-state index in [1.54, 1.807) is 31.4 Å². The van der Waals surface area contributed by atoms with Crippen LogP contribution in [0.25, 0.3) is 0 Å². The molecule has 1 heterocycles. The van der Waals surface area contributed by atoms with Gasteiger partial charge in [0.05, 0.1) is 12.0 Å². The molecule has 1 saturated heterocycles. The van der Waals surface area contributed by atoms with E-state index in [0.717, 1.165) is 13.0 Å². The van der Waals surface area contributed by atoms with Crippen LogP contribution >= 0.6 is 0 Å². The fourth-order valence-electron chi connectivity index (χ4n) is 4.28. The van der Waals surface area contributed by atoms with Gasteiger partial charge in [-0.15, -0.1) is 0 Å². The van der Waals surface area contributed by atoms with Crippen molar-refractivity contribution >= 4 is 10.0 Å². The van der Waals surface area contributed by atoms with Crippen LogP contribution in [0.1, 0.15) is 51.4 Å². The van der Waals surface area contributed by atoms with Gasteiger partial charge in [-0.1, -0.05) is 25.7 Å². The number of piperidine rings is 1. The molecule has 3 rings (SSSR count). The first-order valence-electron chi connectivity index (χ1n) is 9.96. The van der Waals surface area contributed by atoms with Gasteiger partial charge in [0.2, 0.25) is 10.0 Å². The van der Waals surface area contributed by atoms with E-state index in [9.17, 15) is 8.42 Å². The summed E-state index contributed by atoms with van der Waals surface area (Å²) in [5, 5.41) is 0. The lowest BCUT2D eigenvalue weighted by atomic mass is 9.95. The highest BCUT2D eigenvalue weighted by Crippen LogP contribution is 2.26. The summed E-state index contributed by atoms with van der Waals surface area (Å²) in [5.41, 5.74) is 0. The average molecular weight is 381 g/mol. The Morgan fingerprint density at radius 3 is 2.38 bits per heavy atom. The van der Waals surface area contributed by atoms with Crippen molar-refractivity contribution in [2.24, 2.45) is 5.92 Å². The van der Waals surface area contributed by atoms with Crippen molar-refractivity contribution in [3.8, 4) is 5.75 Å². The summed E-state index contributed by atoms with van der Waals surface area (Å²) in [6.45, 7) is 2.72. The molecule has 5 nitrogen and oxygen atoms in total. The minimum atomic E-state index is -3.46. The summed E-state index contributed by atoms with van der Waals surface area (Å²) in [4.78, 5) is 2.93. The first-order valence-corrected chi connectivity index (χ1v) is 11.4. The van der Waals surface area contributed by atoms with Crippen LogP contribution in [0, 0.1) is 5.92 Å². The SMILES string of the molecule is COc1ccc(S(=O)(=O)NC[C@@H]2CCCN(C3CCCCCC3)C2)cc1. The molecule has 26 heavy (non-hydrogen) atoms. The van der Waals surface area contributed by atoms with Crippen molar-refractivity contribution in [2.45, 2.75) is 62.3 Å². The maximum absolute atomic E-state index is 12.5. The van der Waals surface area contributed by atoms with Gasteiger partial charge in [-0.2, -0.15) is 0 Å². The number of rotatable bonds is 6. The maximum atomic E-state index is 12.5. The number of likely N-dealkylation sites (tertiary alicyclic amines) is 1. The minimum Gasteiger partial charge on any atom is -0.497 e. The van der Waals surface area contributed by atoms with E-state index in [2.05, 4.69) is 9.62 Å². The van der Waals surface area contributed by atoms with Gasteiger partial charge in [-0.3, -0.25) is 0 Å². The van der Waals surface area contributed by atoms with Crippen molar-refractivity contribution in [3.63, 3.8) is 0 Å². The van der Waals surface area contributed by atoms with Crippen LogP contribution in [0.5, 0.6) is 5.75 Å². The molecule has 1 aromatic rings. The summed E-state index contributed by atoms with van der Waals surface area (Å²) >= 11 is 0. The van der Waals surface area contributed by atoms with Gasteiger partial charge in [0.25, 0.3) is 0 Å². The van der Waals surface area contributed by atoms with Gasteiger partial charge in [0, 0.05) is 19.1 Å². The second kappa shape index (κ2) is 9.20. The Labute approximate surface area is 158 Å². The first-order chi connectivity index (χ1) is 12.6. The predicted molar refractivity (Wildman–Crippen MR) is 104 cm³/mol. The third kappa shape index (κ3) is 5.21. The van der Waals surface area contributed by atoms with E-state index in [0.29, 0.717) is 29.1 Å². The van der Waals surface area contributed by atoms with Crippen molar-refractivity contribution in [1.82, 2.24) is 9.62 Å². The Kier molecular flexibility index (Phi) is 6.95. The second-order valence-corrected chi connectivity index (χ2v) is 9.44. The number of sulfonamides is 1. The predicted octanol–water partition coefficient (Wildman–Crippen LogP) is 3.41. The molecule has 1 N–H and O–H groups in total. The van der Waals surface area contributed by atoms with Crippen LogP contribution in [0.3, 0.4) is 0 Å². The highest BCUT2D eigenvalue weighted by molar-refractivity contribution is 7.89. The third-order valence-electron chi connectivity index (χ3n) is 5.82. The number of hydrogen-bond acceptors (Lipinski definition) is 4. The van der Waals surface area contributed by atoms with Crippen molar-refractivity contribution in [3.05, 3.63) is 24.3 Å². The van der Waals surface area contributed by atoms with Gasteiger partial charge in [0.1, 0.15) is 5.75 Å². The van der Waals surface area contributed by atoms with Gasteiger partial charge in [-0.25, -0.2) is 13.1 Å². The molecular weight excluding hydrogens is 348 g/mol. The summed E-state index contributed by atoms with van der Waals surface area (Å²) in [6.07, 6.45) is 10.3. The van der Waals surface area contributed by atoms with Crippen LogP contribution in [-0.4, -0.2) is 46.1 Å². The Hall–Kier alpha value is -1.11. The molecule has 1 aromatic carbocycles. The van der Waals surface area contributed by atoms with Gasteiger partial charge in [-0.05, 0) is 62.4 Å². The number of hydrogen-bond donors (Lipinski definition) is 1. The number of nitrogens with zero attached hydrogens (tertiary/aromatic N) is 1. The normalized spacial score (nSPS) is 23.5. The summed E-state index contributed by atoms with van der Waals surface area (Å²) in [6, 6.07) is 7.27. The minimum absolute atomic E-state index is 0.301. The monoisotopic (exact) mass is 380 g/mol. The molecule has 1 aliphatic heterocycles. The van der Waals surface area contributed by atoms with Crippen molar-refractivity contribution in [1.29, 1.82) is 0 Å². The van der Waals surface area contributed by atoms with E-state index in [-0.39, 0.29) is 0 Å². The fraction of sp³-hybridized carbons (Fsp3) is 0.700. The zero-order chi connectivity index (χ0) is 18.4. The zero-order valence-corrected chi connectivity index (χ0v) is 16.6. The van der Waals surface area contributed by atoms with Crippen LogP contribution < -0.4 is 9.46 Å². The topological polar surface area (TPSA) is 58.6 Å². The fourth-order valence-corrected chi connectivity index (χ4v) is 5.40. The largest absolute Gasteiger partial charge is 0.497 e. The molecular formula is C20H32N2O3S. The van der Waals surface area contributed by atoms with Gasteiger partial charge < -0.3 is 9.64 Å². The molecule has 6 heteroatoms. The average Bonchev–Trinajstić information content (AvgIpc) is 2.96. The van der Waals surface area contributed by atoms with Crippen molar-refractivity contribution < 1.29 is 13.2 Å². The van der Waals surface area contributed by atoms with Crippen LogP contribution in [0.2, 0.25) is 0 Å². The maximum Gasteiger partial charge on any atom is 0.240 e. The van der Waals surface area contributed by atoms with Gasteiger partial charge in [0.15, 0.2) is 0 Å². The summed E-state index contributed by atoms with van der Waals surface area (Å²) in [7, 11) is -1.88. The number of benzene rings is 1. The highest BCUT2D eigenvalue weighted by Gasteiger charge is 2.27. The van der Waals surface area contributed by atoms with Gasteiger partial charge >= 0.3 is 0 Å². The Balaban J connectivity index is 1.54. The van der Waals surface area contributed by atoms with E-state index >= 15 is 0 Å². The Bertz CT molecular complexity index is 652. The molecule has 0 bridgehead atoms. The lowest BCUT2D eigenvalue weighted by molar-refractivity contribution is 0.114. The van der Waals surface area contributed by atoms with E-state index in [1.165, 1.54) is 51.5 Å². The quantitative estimate of drug-likeness (QED) is 0.769. The van der Waals surface area contributed by atoms with Crippen LogP contribution in [-0.2, 0) is 10.0 Å². The van der Waals surface area contributed by atoms with Crippen LogP contribution in [0.4, 0.5) is 0 Å². The molecule has 0 unspecified atom stereocenters. The molecule has 1 saturated carbocycles. The molecule has 0 aromatic heterocycles. The smallest absolute Gasteiger partial charge is 0.240 e. The third-order valence-corrected chi connectivity index (χ3v) is 7.26. The molecule has 0 amide bonds. The molecule has 2 aliphatic rings. The standard InChI is InChI=1S/C20H32N2O3S/c1-25-19-10-12-20(13-11-19)26(23,24)21-15-17-7-6-14-22(16-17)18-8-4-2-3-5-9-18/h10-13,17-18,21H,2-9,14-16H2,1H3/t17-/m0/s1. The van der Waals surface area contributed by atoms with E-state index < -0.39 is 10.0 Å². The van der Waals surface area contributed by atoms with Crippen molar-refractivity contribution in [2.75, 3.05) is 26.7 Å². The number of methoxy groups -OCH3 is 1. The summed E-state index contributed by atoms with van der Waals surface area (Å²) < 4.78 is 33.0. The first kappa shape index (κ1) is 19.6. The van der Waals surface area contributed by atoms with Crippen LogP contribution in [0.15, 0.2) is 29.2 Å². The lowest BCUT2D eigenvalue weighted by Crippen LogP contribution is -2.45. The molecule has 0 spiro atoms.